The number of carbonyl (C=O) groups excluding carboxylic acids is 1. The normalized spacial score (nSPS) is 37.8. The van der Waals surface area contributed by atoms with Crippen molar-refractivity contribution < 1.29 is 4.79 Å². The van der Waals surface area contributed by atoms with E-state index in [2.05, 4.69) is 31.4 Å². The standard InChI is InChI=1S/C19H24OS/c1-19-11-10-14-13(15(19)8-9-17(19)20)7-6-12-4-3-5-16(21-2)18(12)14/h3-5,13-15H,6-11H2,1-2H3/t13-,14+,15+,19+/m1/s1. The topological polar surface area (TPSA) is 17.1 Å². The van der Waals surface area contributed by atoms with E-state index in [4.69, 9.17) is 0 Å². The third kappa shape index (κ3) is 1.87. The Kier molecular flexibility index (Phi) is 3.22. The number of rotatable bonds is 1. The molecular formula is C19H24OS. The first kappa shape index (κ1) is 13.9. The summed E-state index contributed by atoms with van der Waals surface area (Å²) in [7, 11) is 0. The minimum atomic E-state index is 0.00692. The number of fused-ring (bicyclic) bond motifs is 5. The van der Waals surface area contributed by atoms with E-state index in [0.29, 0.717) is 17.6 Å². The van der Waals surface area contributed by atoms with Gasteiger partial charge in [-0.3, -0.25) is 4.79 Å². The molecule has 0 unspecified atom stereocenters. The fraction of sp³-hybridized carbons (Fsp3) is 0.632. The lowest BCUT2D eigenvalue weighted by Gasteiger charge is -2.48. The first-order valence-electron chi connectivity index (χ1n) is 8.34. The Balaban J connectivity index is 1.76. The molecule has 0 aromatic heterocycles. The predicted octanol–water partition coefficient (Wildman–Crippen LogP) is 4.83. The van der Waals surface area contributed by atoms with Crippen molar-refractivity contribution in [2.45, 2.75) is 56.3 Å². The van der Waals surface area contributed by atoms with E-state index < -0.39 is 0 Å². The number of ketones is 1. The Labute approximate surface area is 131 Å². The summed E-state index contributed by atoms with van der Waals surface area (Å²) in [5.41, 5.74) is 3.23. The van der Waals surface area contributed by atoms with Crippen LogP contribution in [0.25, 0.3) is 0 Å². The van der Waals surface area contributed by atoms with E-state index >= 15 is 0 Å². The highest BCUT2D eigenvalue weighted by molar-refractivity contribution is 7.98. The molecule has 112 valence electrons. The highest BCUT2D eigenvalue weighted by Crippen LogP contribution is 2.60. The molecule has 4 rings (SSSR count). The van der Waals surface area contributed by atoms with Gasteiger partial charge in [0, 0.05) is 16.7 Å². The second-order valence-corrected chi connectivity index (χ2v) is 8.21. The summed E-state index contributed by atoms with van der Waals surface area (Å²) in [6.45, 7) is 2.26. The largest absolute Gasteiger partial charge is 0.299 e. The minimum absolute atomic E-state index is 0.00692. The van der Waals surface area contributed by atoms with Crippen LogP contribution in [0, 0.1) is 17.3 Å². The van der Waals surface area contributed by atoms with Gasteiger partial charge in [0.15, 0.2) is 0 Å². The summed E-state index contributed by atoms with van der Waals surface area (Å²) >= 11 is 1.90. The fourth-order valence-corrected chi connectivity index (χ4v) is 6.27. The predicted molar refractivity (Wildman–Crippen MR) is 87.8 cm³/mol. The quantitative estimate of drug-likeness (QED) is 0.691. The number of hydrogen-bond donors (Lipinski definition) is 0. The van der Waals surface area contributed by atoms with E-state index in [1.165, 1.54) is 24.2 Å². The molecule has 3 aliphatic carbocycles. The van der Waals surface area contributed by atoms with Crippen molar-refractivity contribution >= 4 is 17.5 Å². The third-order valence-electron chi connectivity index (χ3n) is 6.64. The summed E-state index contributed by atoms with van der Waals surface area (Å²) in [6, 6.07) is 6.84. The first-order valence-corrected chi connectivity index (χ1v) is 9.56. The van der Waals surface area contributed by atoms with Gasteiger partial charge in [-0.15, -0.1) is 11.8 Å². The molecule has 3 aliphatic rings. The Bertz CT molecular complexity index is 579. The zero-order valence-electron chi connectivity index (χ0n) is 13.0. The highest BCUT2D eigenvalue weighted by Gasteiger charge is 2.54. The molecular weight excluding hydrogens is 276 g/mol. The van der Waals surface area contributed by atoms with Crippen LogP contribution < -0.4 is 0 Å². The van der Waals surface area contributed by atoms with Gasteiger partial charge in [-0.25, -0.2) is 0 Å². The summed E-state index contributed by atoms with van der Waals surface area (Å²) in [4.78, 5) is 13.9. The van der Waals surface area contributed by atoms with Crippen LogP contribution in [0.1, 0.15) is 56.1 Å². The van der Waals surface area contributed by atoms with Crippen molar-refractivity contribution in [1.82, 2.24) is 0 Å². The molecule has 0 heterocycles. The molecule has 0 amide bonds. The molecule has 0 spiro atoms. The van der Waals surface area contributed by atoms with E-state index in [-0.39, 0.29) is 5.41 Å². The van der Waals surface area contributed by atoms with Crippen LogP contribution in [0.4, 0.5) is 0 Å². The van der Waals surface area contributed by atoms with Crippen molar-refractivity contribution in [1.29, 1.82) is 0 Å². The van der Waals surface area contributed by atoms with Gasteiger partial charge in [0.05, 0.1) is 0 Å². The Morgan fingerprint density at radius 1 is 1.19 bits per heavy atom. The van der Waals surface area contributed by atoms with Crippen LogP contribution in [0.15, 0.2) is 23.1 Å². The molecule has 2 saturated carbocycles. The molecule has 1 aromatic rings. The number of thioether (sulfide) groups is 1. The van der Waals surface area contributed by atoms with Gasteiger partial charge in [0.2, 0.25) is 0 Å². The van der Waals surface area contributed by atoms with Crippen LogP contribution in [0.5, 0.6) is 0 Å². The van der Waals surface area contributed by atoms with Crippen LogP contribution in [-0.4, -0.2) is 12.0 Å². The maximum Gasteiger partial charge on any atom is 0.139 e. The van der Waals surface area contributed by atoms with Crippen LogP contribution in [0.3, 0.4) is 0 Å². The SMILES string of the molecule is CSc1cccc2c1[C@H]1CC[C@]3(C)C(=O)CC[C@H]3[C@@H]1CC2. The molecule has 21 heavy (non-hydrogen) atoms. The van der Waals surface area contributed by atoms with E-state index in [0.717, 1.165) is 25.2 Å². The number of carbonyl (C=O) groups is 1. The fourth-order valence-electron chi connectivity index (χ4n) is 5.55. The molecule has 0 aliphatic heterocycles. The first-order chi connectivity index (χ1) is 10.1. The highest BCUT2D eigenvalue weighted by atomic mass is 32.2. The van der Waals surface area contributed by atoms with Gasteiger partial charge >= 0.3 is 0 Å². The Hall–Kier alpha value is -0.760. The Morgan fingerprint density at radius 2 is 2.05 bits per heavy atom. The molecule has 1 nitrogen and oxygen atoms in total. The summed E-state index contributed by atoms with van der Waals surface area (Å²) in [5, 5.41) is 0. The second-order valence-electron chi connectivity index (χ2n) is 7.37. The van der Waals surface area contributed by atoms with Crippen molar-refractivity contribution in [3.63, 3.8) is 0 Å². The van der Waals surface area contributed by atoms with E-state index in [1.807, 2.05) is 11.8 Å². The average molecular weight is 300 g/mol. The third-order valence-corrected chi connectivity index (χ3v) is 7.44. The molecule has 0 saturated heterocycles. The van der Waals surface area contributed by atoms with Gasteiger partial charge in [-0.2, -0.15) is 0 Å². The summed E-state index contributed by atoms with van der Waals surface area (Å²) < 4.78 is 0. The molecule has 0 bridgehead atoms. The zero-order valence-corrected chi connectivity index (χ0v) is 13.8. The van der Waals surface area contributed by atoms with Gasteiger partial charge < -0.3 is 0 Å². The molecule has 2 heteroatoms. The smallest absolute Gasteiger partial charge is 0.139 e. The molecule has 2 fully saturated rings. The minimum Gasteiger partial charge on any atom is -0.299 e. The average Bonchev–Trinajstić information content (AvgIpc) is 2.82. The summed E-state index contributed by atoms with van der Waals surface area (Å²) in [6.07, 6.45) is 9.02. The molecule has 0 N–H and O–H groups in total. The van der Waals surface area contributed by atoms with Crippen LogP contribution in [0.2, 0.25) is 0 Å². The van der Waals surface area contributed by atoms with Crippen molar-refractivity contribution in [3.8, 4) is 0 Å². The lowest BCUT2D eigenvalue weighted by atomic mass is 9.55. The van der Waals surface area contributed by atoms with Gasteiger partial charge in [0.1, 0.15) is 5.78 Å². The maximum absolute atomic E-state index is 12.4. The zero-order chi connectivity index (χ0) is 14.6. The lowest BCUT2D eigenvalue weighted by Crippen LogP contribution is -2.42. The van der Waals surface area contributed by atoms with Gasteiger partial charge in [-0.05, 0) is 73.3 Å². The monoisotopic (exact) mass is 300 g/mol. The van der Waals surface area contributed by atoms with Gasteiger partial charge in [0.25, 0.3) is 0 Å². The van der Waals surface area contributed by atoms with E-state index in [1.54, 1.807) is 11.1 Å². The molecule has 0 radical (unpaired) electrons. The van der Waals surface area contributed by atoms with Crippen molar-refractivity contribution in [2.75, 3.05) is 6.26 Å². The number of Topliss-reactive ketones (excluding diaryl/α,β-unsaturated/α-hetero) is 1. The Morgan fingerprint density at radius 3 is 2.86 bits per heavy atom. The van der Waals surface area contributed by atoms with Crippen molar-refractivity contribution in [2.24, 2.45) is 17.3 Å². The van der Waals surface area contributed by atoms with Crippen LogP contribution in [-0.2, 0) is 11.2 Å². The molecule has 1 aromatic carbocycles. The summed E-state index contributed by atoms with van der Waals surface area (Å²) in [5.74, 6) is 2.65. The second kappa shape index (κ2) is 4.87. The van der Waals surface area contributed by atoms with Crippen LogP contribution >= 0.6 is 11.8 Å². The maximum atomic E-state index is 12.4. The number of hydrogen-bond acceptors (Lipinski definition) is 2. The van der Waals surface area contributed by atoms with E-state index in [9.17, 15) is 4.79 Å². The lowest BCUT2D eigenvalue weighted by molar-refractivity contribution is -0.129. The molecule has 4 atom stereocenters. The van der Waals surface area contributed by atoms with Crippen molar-refractivity contribution in [3.05, 3.63) is 29.3 Å². The van der Waals surface area contributed by atoms with Gasteiger partial charge in [-0.1, -0.05) is 19.1 Å². The number of aryl methyl sites for hydroxylation is 1. The number of benzene rings is 1.